The summed E-state index contributed by atoms with van der Waals surface area (Å²) in [4.78, 5) is 37.6. The van der Waals surface area contributed by atoms with E-state index in [1.54, 1.807) is 17.9 Å². The first-order valence-corrected chi connectivity index (χ1v) is 14.1. The highest BCUT2D eigenvalue weighted by molar-refractivity contribution is 5.97. The molecule has 2 aromatic heterocycles. The Morgan fingerprint density at radius 3 is 2.33 bits per heavy atom. The van der Waals surface area contributed by atoms with Gasteiger partial charge in [-0.2, -0.15) is 5.26 Å². The maximum atomic E-state index is 13.8. The van der Waals surface area contributed by atoms with E-state index < -0.39 is 11.1 Å². The van der Waals surface area contributed by atoms with E-state index in [1.807, 2.05) is 18.7 Å². The molecule has 3 fully saturated rings. The van der Waals surface area contributed by atoms with Crippen LogP contribution in [0.15, 0.2) is 16.5 Å². The second-order valence-electron chi connectivity index (χ2n) is 13.6. The first-order valence-electron chi connectivity index (χ1n) is 14.1. The lowest BCUT2D eigenvalue weighted by molar-refractivity contribution is -0.153. The third kappa shape index (κ3) is 5.23. The quantitative estimate of drug-likeness (QED) is 0.630. The van der Waals surface area contributed by atoms with E-state index in [-0.39, 0.29) is 34.8 Å². The molecule has 2 aliphatic heterocycles. The largest absolute Gasteiger partial charge is 0.449 e. The van der Waals surface area contributed by atoms with Gasteiger partial charge in [0.15, 0.2) is 11.3 Å². The Morgan fingerprint density at radius 1 is 1.10 bits per heavy atom. The van der Waals surface area contributed by atoms with Gasteiger partial charge in [0.1, 0.15) is 11.3 Å². The standard InChI is InChI=1S/C30H41N5O4/c1-28(2,3)21-13-24(33-9-7-19(17-31)8-10-33)32-22-14-23(39-25(21)22)27(37)35-12-11-34(18-29(35,4)5)26(36)20-15-30(6,38)16-20/h13-14,19-20,38H,7-12,15-16,18H2,1-6H3/t20-,30-. The molecule has 2 amide bonds. The smallest absolute Gasteiger partial charge is 0.290 e. The van der Waals surface area contributed by atoms with Crippen molar-refractivity contribution in [2.45, 2.75) is 83.8 Å². The average Bonchev–Trinajstić information content (AvgIpc) is 3.29. The summed E-state index contributed by atoms with van der Waals surface area (Å²) in [7, 11) is 0. The van der Waals surface area contributed by atoms with E-state index in [1.165, 1.54) is 0 Å². The molecule has 0 unspecified atom stereocenters. The monoisotopic (exact) mass is 535 g/mol. The molecule has 0 aromatic carbocycles. The number of piperidine rings is 1. The summed E-state index contributed by atoms with van der Waals surface area (Å²) in [5, 5.41) is 19.3. The summed E-state index contributed by atoms with van der Waals surface area (Å²) >= 11 is 0. The van der Waals surface area contributed by atoms with Crippen LogP contribution in [0, 0.1) is 23.2 Å². The molecule has 0 atom stereocenters. The number of piperazine rings is 1. The Bertz CT molecular complexity index is 1320. The number of pyridine rings is 1. The van der Waals surface area contributed by atoms with Crippen molar-refractivity contribution in [1.82, 2.24) is 14.8 Å². The lowest BCUT2D eigenvalue weighted by Crippen LogP contribution is -2.63. The van der Waals surface area contributed by atoms with E-state index in [9.17, 15) is 20.0 Å². The number of nitrogens with zero attached hydrogens (tertiary/aromatic N) is 5. The van der Waals surface area contributed by atoms with Gasteiger partial charge in [-0.3, -0.25) is 9.59 Å². The molecule has 2 saturated heterocycles. The maximum absolute atomic E-state index is 13.8. The molecule has 5 rings (SSSR count). The number of nitriles is 1. The molecular formula is C30H41N5O4. The molecule has 1 aliphatic carbocycles. The summed E-state index contributed by atoms with van der Waals surface area (Å²) in [5.41, 5.74) is 0.734. The molecule has 4 heterocycles. The van der Waals surface area contributed by atoms with Gasteiger partial charge in [0.05, 0.1) is 17.2 Å². The molecule has 9 heteroatoms. The number of furan rings is 1. The van der Waals surface area contributed by atoms with Crippen LogP contribution in [-0.2, 0) is 10.2 Å². The van der Waals surface area contributed by atoms with Crippen molar-refractivity contribution in [2.24, 2.45) is 11.8 Å². The van der Waals surface area contributed by atoms with Crippen molar-refractivity contribution < 1.29 is 19.1 Å². The van der Waals surface area contributed by atoms with E-state index in [4.69, 9.17) is 9.40 Å². The highest BCUT2D eigenvalue weighted by atomic mass is 16.3. The van der Waals surface area contributed by atoms with Gasteiger partial charge in [0.2, 0.25) is 5.91 Å². The normalized spacial score (nSPS) is 25.9. The highest BCUT2D eigenvalue weighted by Gasteiger charge is 2.47. The molecule has 9 nitrogen and oxygen atoms in total. The van der Waals surface area contributed by atoms with Crippen LogP contribution in [0.5, 0.6) is 0 Å². The number of anilines is 1. The molecule has 0 radical (unpaired) electrons. The Hall–Kier alpha value is -3.12. The zero-order chi connectivity index (χ0) is 28.3. The Kier molecular flexibility index (Phi) is 6.69. The SMILES string of the molecule is CC(C)(C)c1cc(N2CCC(C#N)CC2)nc2cc(C(=O)N3CCN(C(=O)[C@H]4C[C@](C)(O)C4)CC3(C)C)oc12. The predicted molar refractivity (Wildman–Crippen MR) is 148 cm³/mol. The number of carbonyl (C=O) groups is 2. The van der Waals surface area contributed by atoms with E-state index in [2.05, 4.69) is 37.8 Å². The molecule has 0 spiro atoms. The Labute approximate surface area is 230 Å². The third-order valence-corrected chi connectivity index (χ3v) is 8.67. The molecule has 39 heavy (non-hydrogen) atoms. The minimum Gasteiger partial charge on any atom is -0.449 e. The van der Waals surface area contributed by atoms with E-state index >= 15 is 0 Å². The highest BCUT2D eigenvalue weighted by Crippen LogP contribution is 2.40. The van der Waals surface area contributed by atoms with Crippen molar-refractivity contribution in [1.29, 1.82) is 5.26 Å². The molecule has 210 valence electrons. The summed E-state index contributed by atoms with van der Waals surface area (Å²) < 4.78 is 6.25. The Morgan fingerprint density at radius 2 is 1.77 bits per heavy atom. The van der Waals surface area contributed by atoms with Gasteiger partial charge in [0.25, 0.3) is 5.91 Å². The number of carbonyl (C=O) groups excluding carboxylic acids is 2. The van der Waals surface area contributed by atoms with Gasteiger partial charge >= 0.3 is 0 Å². The summed E-state index contributed by atoms with van der Waals surface area (Å²) in [6, 6.07) is 6.20. The van der Waals surface area contributed by atoms with Crippen molar-refractivity contribution in [3.8, 4) is 6.07 Å². The lowest BCUT2D eigenvalue weighted by atomic mass is 9.71. The minimum atomic E-state index is -0.748. The van der Waals surface area contributed by atoms with Gasteiger partial charge in [-0.1, -0.05) is 20.8 Å². The lowest BCUT2D eigenvalue weighted by Gasteiger charge is -2.49. The zero-order valence-corrected chi connectivity index (χ0v) is 24.1. The van der Waals surface area contributed by atoms with Crippen molar-refractivity contribution in [3.05, 3.63) is 23.5 Å². The molecule has 2 aromatic rings. The molecular weight excluding hydrogens is 494 g/mol. The molecule has 0 bridgehead atoms. The summed E-state index contributed by atoms with van der Waals surface area (Å²) in [6.45, 7) is 15.0. The minimum absolute atomic E-state index is 0.0655. The zero-order valence-electron chi connectivity index (χ0n) is 24.1. The third-order valence-electron chi connectivity index (χ3n) is 8.67. The van der Waals surface area contributed by atoms with Crippen LogP contribution >= 0.6 is 0 Å². The van der Waals surface area contributed by atoms with Gasteiger partial charge in [-0.25, -0.2) is 4.98 Å². The van der Waals surface area contributed by atoms with E-state index in [0.29, 0.717) is 43.6 Å². The number of aromatic nitrogens is 1. The van der Waals surface area contributed by atoms with Gasteiger partial charge in [-0.05, 0) is 57.9 Å². The number of fused-ring (bicyclic) bond motifs is 1. The second kappa shape index (κ2) is 9.51. The number of hydrogen-bond acceptors (Lipinski definition) is 7. The fourth-order valence-corrected chi connectivity index (χ4v) is 6.36. The molecule has 1 saturated carbocycles. The average molecular weight is 536 g/mol. The van der Waals surface area contributed by atoms with Crippen LogP contribution in [0.2, 0.25) is 0 Å². The van der Waals surface area contributed by atoms with Crippen LogP contribution in [0.25, 0.3) is 11.1 Å². The fraction of sp³-hybridized carbons (Fsp3) is 0.667. The number of rotatable bonds is 3. The van der Waals surface area contributed by atoms with Gasteiger partial charge < -0.3 is 24.2 Å². The Balaban J connectivity index is 1.38. The van der Waals surface area contributed by atoms with Crippen LogP contribution in [-0.4, -0.2) is 75.6 Å². The second-order valence-corrected chi connectivity index (χ2v) is 13.6. The maximum Gasteiger partial charge on any atom is 0.290 e. The van der Waals surface area contributed by atoms with Crippen molar-refractivity contribution >= 4 is 28.7 Å². The molecule has 1 N–H and O–H groups in total. The fourth-order valence-electron chi connectivity index (χ4n) is 6.36. The van der Waals surface area contributed by atoms with Crippen molar-refractivity contribution in [2.75, 3.05) is 37.6 Å². The number of hydrogen-bond donors (Lipinski definition) is 1. The van der Waals surface area contributed by atoms with Crippen LogP contribution < -0.4 is 4.90 Å². The molecule has 3 aliphatic rings. The summed E-state index contributed by atoms with van der Waals surface area (Å²) in [5.74, 6) is 0.920. The van der Waals surface area contributed by atoms with Crippen LogP contribution in [0.1, 0.15) is 83.3 Å². The number of aliphatic hydroxyl groups is 1. The van der Waals surface area contributed by atoms with E-state index in [0.717, 1.165) is 37.3 Å². The predicted octanol–water partition coefficient (Wildman–Crippen LogP) is 4.09. The van der Waals surface area contributed by atoms with Crippen LogP contribution in [0.4, 0.5) is 5.82 Å². The van der Waals surface area contributed by atoms with Crippen molar-refractivity contribution in [3.63, 3.8) is 0 Å². The number of amides is 2. The van der Waals surface area contributed by atoms with Gasteiger partial charge in [0, 0.05) is 56.2 Å². The van der Waals surface area contributed by atoms with Gasteiger partial charge in [-0.15, -0.1) is 0 Å². The van der Waals surface area contributed by atoms with Crippen LogP contribution in [0.3, 0.4) is 0 Å². The first-order chi connectivity index (χ1) is 18.2. The first kappa shape index (κ1) is 27.4. The summed E-state index contributed by atoms with van der Waals surface area (Å²) in [6.07, 6.45) is 2.62. The topological polar surface area (TPSA) is 114 Å².